The van der Waals surface area contributed by atoms with Crippen molar-refractivity contribution >= 4 is 33.2 Å². The normalized spacial score (nSPS) is 12.7. The molecule has 0 N–H and O–H groups in total. The zero-order valence-corrected chi connectivity index (χ0v) is 22.3. The van der Waals surface area contributed by atoms with E-state index in [0.717, 1.165) is 15.4 Å². The molecule has 186 valence electrons. The van der Waals surface area contributed by atoms with Gasteiger partial charge in [-0.25, -0.2) is 8.42 Å². The molecule has 0 aliphatic heterocycles. The molecular weight excluding hydrogens is 486 g/mol. The number of carbonyl (C=O) groups is 1. The third kappa shape index (κ3) is 5.97. The third-order valence-electron chi connectivity index (χ3n) is 5.51. The molecule has 0 bridgehead atoms. The molecule has 0 radical (unpaired) electrons. The number of amides is 1. The van der Waals surface area contributed by atoms with Crippen LogP contribution in [0.15, 0.2) is 71.6 Å². The van der Waals surface area contributed by atoms with Crippen LogP contribution < -0.4 is 13.8 Å². The summed E-state index contributed by atoms with van der Waals surface area (Å²) in [4.78, 5) is 13.6. The Balaban J connectivity index is 2.00. The molecule has 0 fully saturated rings. The molecule has 0 aromatic heterocycles. The van der Waals surface area contributed by atoms with Crippen LogP contribution in [0, 0.1) is 6.92 Å². The molecule has 1 atom stereocenters. The zero-order chi connectivity index (χ0) is 26.0. The Morgan fingerprint density at radius 1 is 0.971 bits per heavy atom. The van der Waals surface area contributed by atoms with Crippen LogP contribution in [0.3, 0.4) is 0 Å². The number of ether oxygens (including phenoxy) is 2. The number of halogens is 1. The SMILES string of the molecule is COc1ccc(N(C(=O)C(C)Oc2ccc(C(C)(C)C)cc2)S(=O)(=O)c2ccc(C)cc2)cc1Cl. The van der Waals surface area contributed by atoms with Crippen LogP contribution >= 0.6 is 11.6 Å². The number of benzene rings is 3. The molecule has 3 aromatic carbocycles. The largest absolute Gasteiger partial charge is 0.495 e. The molecule has 1 amide bonds. The molecule has 3 rings (SSSR count). The highest BCUT2D eigenvalue weighted by Gasteiger charge is 2.35. The van der Waals surface area contributed by atoms with Crippen molar-refractivity contribution in [1.82, 2.24) is 0 Å². The van der Waals surface area contributed by atoms with Crippen LogP contribution in [0.1, 0.15) is 38.8 Å². The number of anilines is 1. The van der Waals surface area contributed by atoms with Crippen molar-refractivity contribution in [2.75, 3.05) is 11.4 Å². The summed E-state index contributed by atoms with van der Waals surface area (Å²) in [6.07, 6.45) is -1.10. The maximum atomic E-state index is 13.6. The second-order valence-electron chi connectivity index (χ2n) is 9.27. The van der Waals surface area contributed by atoms with Crippen LogP contribution in [0.4, 0.5) is 5.69 Å². The van der Waals surface area contributed by atoms with E-state index in [9.17, 15) is 13.2 Å². The molecule has 8 heteroatoms. The summed E-state index contributed by atoms with van der Waals surface area (Å²) < 4.78 is 39.0. The van der Waals surface area contributed by atoms with Crippen molar-refractivity contribution in [3.05, 3.63) is 82.9 Å². The molecule has 1 unspecified atom stereocenters. The van der Waals surface area contributed by atoms with Gasteiger partial charge in [-0.1, -0.05) is 62.2 Å². The van der Waals surface area contributed by atoms with Crippen molar-refractivity contribution in [3.63, 3.8) is 0 Å². The Morgan fingerprint density at radius 3 is 2.09 bits per heavy atom. The number of methoxy groups -OCH3 is 1. The molecule has 3 aromatic rings. The van der Waals surface area contributed by atoms with Crippen LogP contribution in [0.2, 0.25) is 5.02 Å². The average molecular weight is 516 g/mol. The van der Waals surface area contributed by atoms with Gasteiger partial charge in [0, 0.05) is 0 Å². The predicted octanol–water partition coefficient (Wildman–Crippen LogP) is 6.14. The van der Waals surface area contributed by atoms with Crippen molar-refractivity contribution in [3.8, 4) is 11.5 Å². The monoisotopic (exact) mass is 515 g/mol. The van der Waals surface area contributed by atoms with Crippen LogP contribution in [-0.4, -0.2) is 27.5 Å². The number of hydrogen-bond donors (Lipinski definition) is 0. The Kier molecular flexibility index (Phi) is 7.82. The van der Waals surface area contributed by atoms with E-state index < -0.39 is 22.0 Å². The average Bonchev–Trinajstić information content (AvgIpc) is 2.79. The highest BCUT2D eigenvalue weighted by Crippen LogP contribution is 2.33. The Hall–Kier alpha value is -3.03. The highest BCUT2D eigenvalue weighted by molar-refractivity contribution is 7.93. The zero-order valence-electron chi connectivity index (χ0n) is 20.7. The molecule has 35 heavy (non-hydrogen) atoms. The van der Waals surface area contributed by atoms with Gasteiger partial charge in [-0.05, 0) is 67.3 Å². The number of carbonyl (C=O) groups excluding carboxylic acids is 1. The summed E-state index contributed by atoms with van der Waals surface area (Å²) in [5, 5.41) is 0.174. The lowest BCUT2D eigenvalue weighted by Gasteiger charge is -2.26. The fourth-order valence-corrected chi connectivity index (χ4v) is 5.15. The van der Waals surface area contributed by atoms with Crippen molar-refractivity contribution in [2.24, 2.45) is 0 Å². The van der Waals surface area contributed by atoms with Gasteiger partial charge < -0.3 is 9.47 Å². The van der Waals surface area contributed by atoms with Crippen LogP contribution in [0.5, 0.6) is 11.5 Å². The number of hydrogen-bond acceptors (Lipinski definition) is 5. The summed E-state index contributed by atoms with van der Waals surface area (Å²) >= 11 is 6.27. The van der Waals surface area contributed by atoms with Crippen molar-refractivity contribution in [1.29, 1.82) is 0 Å². The topological polar surface area (TPSA) is 72.9 Å². The summed E-state index contributed by atoms with van der Waals surface area (Å²) in [6.45, 7) is 9.67. The number of aryl methyl sites for hydroxylation is 1. The lowest BCUT2D eigenvalue weighted by Crippen LogP contribution is -2.44. The van der Waals surface area contributed by atoms with Gasteiger partial charge in [-0.3, -0.25) is 4.79 Å². The Morgan fingerprint density at radius 2 is 1.57 bits per heavy atom. The van der Waals surface area contributed by atoms with E-state index in [1.165, 1.54) is 44.4 Å². The lowest BCUT2D eigenvalue weighted by atomic mass is 9.87. The van der Waals surface area contributed by atoms with Crippen LogP contribution in [-0.2, 0) is 20.2 Å². The van der Waals surface area contributed by atoms with E-state index in [0.29, 0.717) is 11.5 Å². The van der Waals surface area contributed by atoms with Gasteiger partial charge in [0.25, 0.3) is 15.9 Å². The first-order valence-electron chi connectivity index (χ1n) is 11.1. The van der Waals surface area contributed by atoms with Gasteiger partial charge in [0.1, 0.15) is 11.5 Å². The quantitative estimate of drug-likeness (QED) is 0.377. The fraction of sp³-hybridized carbons (Fsp3) is 0.296. The summed E-state index contributed by atoms with van der Waals surface area (Å²) in [6, 6.07) is 18.0. The Labute approximate surface area is 212 Å². The van der Waals surface area contributed by atoms with E-state index in [4.69, 9.17) is 21.1 Å². The summed E-state index contributed by atoms with van der Waals surface area (Å²) in [7, 11) is -2.81. The van der Waals surface area contributed by atoms with Gasteiger partial charge >= 0.3 is 0 Å². The minimum atomic E-state index is -4.27. The highest BCUT2D eigenvalue weighted by atomic mass is 35.5. The second-order valence-corrected chi connectivity index (χ2v) is 11.5. The fourth-order valence-electron chi connectivity index (χ4n) is 3.43. The number of nitrogens with zero attached hydrogens (tertiary/aromatic N) is 1. The van der Waals surface area contributed by atoms with Gasteiger partial charge in [-0.15, -0.1) is 0 Å². The van der Waals surface area contributed by atoms with E-state index in [-0.39, 0.29) is 21.0 Å². The van der Waals surface area contributed by atoms with E-state index in [1.807, 2.05) is 19.1 Å². The molecule has 0 aliphatic carbocycles. The second kappa shape index (κ2) is 10.3. The van der Waals surface area contributed by atoms with Gasteiger partial charge in [-0.2, -0.15) is 4.31 Å². The molecule has 0 saturated heterocycles. The first-order chi connectivity index (χ1) is 16.3. The minimum Gasteiger partial charge on any atom is -0.495 e. The van der Waals surface area contributed by atoms with Gasteiger partial charge in [0.2, 0.25) is 0 Å². The van der Waals surface area contributed by atoms with Crippen molar-refractivity contribution in [2.45, 2.75) is 51.0 Å². The molecule has 0 spiro atoms. The molecule has 0 heterocycles. The molecule has 0 aliphatic rings. The summed E-state index contributed by atoms with van der Waals surface area (Å²) in [5.74, 6) is 0.0600. The van der Waals surface area contributed by atoms with Crippen molar-refractivity contribution < 1.29 is 22.7 Å². The van der Waals surface area contributed by atoms with Gasteiger partial charge in [0.15, 0.2) is 6.10 Å². The number of rotatable bonds is 7. The maximum Gasteiger partial charge on any atom is 0.281 e. The predicted molar refractivity (Wildman–Crippen MR) is 139 cm³/mol. The van der Waals surface area contributed by atoms with E-state index >= 15 is 0 Å². The summed E-state index contributed by atoms with van der Waals surface area (Å²) in [5.41, 5.74) is 2.05. The van der Waals surface area contributed by atoms with E-state index in [2.05, 4.69) is 20.8 Å². The lowest BCUT2D eigenvalue weighted by molar-refractivity contribution is -0.123. The smallest absolute Gasteiger partial charge is 0.281 e. The standard InChI is InChI=1S/C27H30ClNO5S/c1-18-7-14-23(15-8-18)35(31,32)29(21-11-16-25(33-6)24(28)17-21)26(30)19(2)34-22-12-9-20(10-13-22)27(3,4)5/h7-17,19H,1-6H3. The minimum absolute atomic E-state index is 0.0230. The maximum absolute atomic E-state index is 13.6. The van der Waals surface area contributed by atoms with Crippen LogP contribution in [0.25, 0.3) is 0 Å². The number of sulfonamides is 1. The Bertz CT molecular complexity index is 1300. The third-order valence-corrected chi connectivity index (χ3v) is 7.54. The molecular formula is C27H30ClNO5S. The first kappa shape index (κ1) is 26.6. The van der Waals surface area contributed by atoms with Gasteiger partial charge in [0.05, 0.1) is 22.7 Å². The first-order valence-corrected chi connectivity index (χ1v) is 12.9. The molecule has 6 nitrogen and oxygen atoms in total. The van der Waals surface area contributed by atoms with E-state index in [1.54, 1.807) is 24.3 Å². The molecule has 0 saturated carbocycles.